The lowest BCUT2D eigenvalue weighted by Gasteiger charge is -2.27. The molecule has 1 atom stereocenters. The van der Waals surface area contributed by atoms with E-state index in [0.717, 1.165) is 5.56 Å². The Morgan fingerprint density at radius 1 is 0.829 bits per heavy atom. The molecule has 0 radical (unpaired) electrons. The van der Waals surface area contributed by atoms with Crippen LogP contribution in [0.4, 0.5) is 10.5 Å². The van der Waals surface area contributed by atoms with Crippen molar-refractivity contribution in [3.05, 3.63) is 109 Å². The molecular weight excluding hydrogens is 542 g/mol. The summed E-state index contributed by atoms with van der Waals surface area (Å²) in [4.78, 5) is 28.6. The van der Waals surface area contributed by atoms with Crippen molar-refractivity contribution in [2.75, 3.05) is 25.8 Å². The third kappa shape index (κ3) is 5.87. The minimum atomic E-state index is -4.27. The van der Waals surface area contributed by atoms with Gasteiger partial charge >= 0.3 is 6.03 Å². The smallest absolute Gasteiger partial charge is 0.331 e. The number of hydrogen-bond donors (Lipinski definition) is 1. The van der Waals surface area contributed by atoms with Crippen LogP contribution in [0.25, 0.3) is 11.1 Å². The zero-order valence-electron chi connectivity index (χ0n) is 22.6. The fourth-order valence-corrected chi connectivity index (χ4v) is 5.83. The van der Waals surface area contributed by atoms with Crippen LogP contribution in [-0.2, 0) is 21.2 Å². The maximum Gasteiger partial charge on any atom is 0.331 e. The second-order valence-corrected chi connectivity index (χ2v) is 11.4. The molecular formula is C31H29N3O6S. The summed E-state index contributed by atoms with van der Waals surface area (Å²) < 4.78 is 38.8. The Morgan fingerprint density at radius 2 is 1.46 bits per heavy atom. The van der Waals surface area contributed by atoms with Crippen molar-refractivity contribution in [2.45, 2.75) is 17.4 Å². The number of ether oxygens (including phenoxy) is 2. The van der Waals surface area contributed by atoms with Crippen LogP contribution in [0.1, 0.15) is 5.56 Å². The van der Waals surface area contributed by atoms with E-state index in [1.165, 1.54) is 18.0 Å². The standard InChI is InChI=1S/C31H29N3O6S/c1-33(24-17-18-27-28(20-24)40-21-39-27)30(35)26(19-22-11-5-3-6-12-22)32-31(36)34(2)41(37,38)29-16-10-9-15-25(29)23-13-7-4-8-14-23/h3-18,20,26H,19,21H2,1-2H3,(H,32,36)/t26-/m0/s1. The number of benzene rings is 4. The van der Waals surface area contributed by atoms with Gasteiger partial charge in [0.15, 0.2) is 11.5 Å². The van der Waals surface area contributed by atoms with Crippen LogP contribution in [0.2, 0.25) is 0 Å². The van der Waals surface area contributed by atoms with Crippen LogP contribution in [0, 0.1) is 0 Å². The van der Waals surface area contributed by atoms with E-state index in [4.69, 9.17) is 9.47 Å². The molecule has 0 spiro atoms. The highest BCUT2D eigenvalue weighted by Gasteiger charge is 2.32. The van der Waals surface area contributed by atoms with E-state index in [2.05, 4.69) is 5.32 Å². The molecule has 1 aliphatic heterocycles. The number of anilines is 1. The van der Waals surface area contributed by atoms with Crippen molar-refractivity contribution < 1.29 is 27.5 Å². The highest BCUT2D eigenvalue weighted by Crippen LogP contribution is 2.35. The molecule has 0 saturated heterocycles. The Balaban J connectivity index is 1.41. The van der Waals surface area contributed by atoms with Crippen molar-refractivity contribution in [2.24, 2.45) is 0 Å². The summed E-state index contributed by atoms with van der Waals surface area (Å²) in [5.74, 6) is 0.650. The number of likely N-dealkylation sites (N-methyl/N-ethyl adjacent to an activating group) is 1. The van der Waals surface area contributed by atoms with Gasteiger partial charge in [-0.1, -0.05) is 78.9 Å². The van der Waals surface area contributed by atoms with E-state index in [0.29, 0.717) is 32.6 Å². The number of carbonyl (C=O) groups is 2. The number of sulfonamides is 1. The summed E-state index contributed by atoms with van der Waals surface area (Å²) in [6.45, 7) is 0.0946. The van der Waals surface area contributed by atoms with Gasteiger partial charge in [0.1, 0.15) is 6.04 Å². The average molecular weight is 572 g/mol. The van der Waals surface area contributed by atoms with E-state index < -0.39 is 28.0 Å². The summed E-state index contributed by atoms with van der Waals surface area (Å²) in [5, 5.41) is 2.66. The van der Waals surface area contributed by atoms with E-state index >= 15 is 0 Å². The molecule has 5 rings (SSSR count). The lowest BCUT2D eigenvalue weighted by molar-refractivity contribution is -0.120. The van der Waals surface area contributed by atoms with Gasteiger partial charge in [-0.15, -0.1) is 0 Å². The number of fused-ring (bicyclic) bond motifs is 1. The molecule has 0 bridgehead atoms. The average Bonchev–Trinajstić information content (AvgIpc) is 3.48. The third-order valence-electron chi connectivity index (χ3n) is 6.85. The molecule has 1 aliphatic rings. The second-order valence-electron chi connectivity index (χ2n) is 9.46. The molecule has 0 saturated carbocycles. The van der Waals surface area contributed by atoms with Gasteiger partial charge in [-0.05, 0) is 29.3 Å². The van der Waals surface area contributed by atoms with E-state index in [9.17, 15) is 18.0 Å². The first-order valence-corrected chi connectivity index (χ1v) is 14.3. The Kier molecular flexibility index (Phi) is 7.93. The molecule has 0 unspecified atom stereocenters. The predicted octanol–water partition coefficient (Wildman–Crippen LogP) is 4.69. The molecule has 3 amide bonds. The molecule has 210 valence electrons. The molecule has 10 heteroatoms. The second kappa shape index (κ2) is 11.7. The molecule has 0 aliphatic carbocycles. The molecule has 4 aromatic rings. The monoisotopic (exact) mass is 571 g/mol. The topological polar surface area (TPSA) is 105 Å². The van der Waals surface area contributed by atoms with Gasteiger partial charge in [-0.3, -0.25) is 4.79 Å². The number of urea groups is 1. The Bertz CT molecular complexity index is 1660. The number of rotatable bonds is 8. The van der Waals surface area contributed by atoms with Crippen LogP contribution in [0.15, 0.2) is 108 Å². The summed E-state index contributed by atoms with van der Waals surface area (Å²) in [6, 6.07) is 27.8. The largest absolute Gasteiger partial charge is 0.454 e. The summed E-state index contributed by atoms with van der Waals surface area (Å²) >= 11 is 0. The van der Waals surface area contributed by atoms with Crippen LogP contribution >= 0.6 is 0 Å². The van der Waals surface area contributed by atoms with E-state index in [1.54, 1.807) is 55.6 Å². The molecule has 1 N–H and O–H groups in total. The van der Waals surface area contributed by atoms with Crippen LogP contribution < -0.4 is 19.7 Å². The predicted molar refractivity (Wildman–Crippen MR) is 155 cm³/mol. The van der Waals surface area contributed by atoms with Gasteiger partial charge in [0.2, 0.25) is 12.7 Å². The van der Waals surface area contributed by atoms with Crippen molar-refractivity contribution in [3.8, 4) is 22.6 Å². The van der Waals surface area contributed by atoms with Crippen molar-refractivity contribution in [1.82, 2.24) is 9.62 Å². The Labute approximate surface area is 239 Å². The Morgan fingerprint density at radius 3 is 2.20 bits per heavy atom. The van der Waals surface area contributed by atoms with Crippen LogP contribution in [-0.4, -0.2) is 51.6 Å². The molecule has 41 heavy (non-hydrogen) atoms. The van der Waals surface area contributed by atoms with E-state index in [1.807, 2.05) is 48.5 Å². The van der Waals surface area contributed by atoms with Crippen molar-refractivity contribution in [1.29, 1.82) is 0 Å². The minimum absolute atomic E-state index is 0.0211. The SMILES string of the molecule is CN(C(=O)[C@H](Cc1ccccc1)NC(=O)N(C)S(=O)(=O)c1ccccc1-c1ccccc1)c1ccc2c(c1)OCO2. The van der Waals surface area contributed by atoms with Crippen LogP contribution in [0.3, 0.4) is 0 Å². The number of amides is 3. The lowest BCUT2D eigenvalue weighted by atomic mass is 10.0. The van der Waals surface area contributed by atoms with Crippen molar-refractivity contribution >= 4 is 27.6 Å². The zero-order valence-corrected chi connectivity index (χ0v) is 23.4. The first-order chi connectivity index (χ1) is 19.8. The number of nitrogens with one attached hydrogen (secondary N) is 1. The van der Waals surface area contributed by atoms with E-state index in [-0.39, 0.29) is 18.1 Å². The first-order valence-electron chi connectivity index (χ1n) is 12.9. The van der Waals surface area contributed by atoms with Gasteiger partial charge < -0.3 is 19.7 Å². The molecule has 9 nitrogen and oxygen atoms in total. The quantitative estimate of drug-likeness (QED) is 0.329. The fourth-order valence-electron chi connectivity index (χ4n) is 4.55. The van der Waals surface area contributed by atoms with Gasteiger partial charge in [-0.25, -0.2) is 17.5 Å². The van der Waals surface area contributed by atoms with Crippen LogP contribution in [0.5, 0.6) is 11.5 Å². The minimum Gasteiger partial charge on any atom is -0.454 e. The zero-order chi connectivity index (χ0) is 29.0. The van der Waals surface area contributed by atoms with Crippen molar-refractivity contribution in [3.63, 3.8) is 0 Å². The molecule has 1 heterocycles. The maximum atomic E-state index is 13.7. The van der Waals surface area contributed by atoms with Gasteiger partial charge in [-0.2, -0.15) is 0 Å². The number of nitrogens with zero attached hydrogens (tertiary/aromatic N) is 2. The maximum absolute atomic E-state index is 13.7. The summed E-state index contributed by atoms with van der Waals surface area (Å²) in [7, 11) is -1.51. The molecule has 4 aromatic carbocycles. The molecule has 0 fully saturated rings. The Hall–Kier alpha value is -4.83. The van der Waals surface area contributed by atoms with Gasteiger partial charge in [0.25, 0.3) is 10.0 Å². The molecule has 0 aromatic heterocycles. The number of hydrogen-bond acceptors (Lipinski definition) is 6. The summed E-state index contributed by atoms with van der Waals surface area (Å²) in [6.07, 6.45) is 0.148. The normalized spacial score (nSPS) is 12.8. The summed E-state index contributed by atoms with van der Waals surface area (Å²) in [5.41, 5.74) is 2.49. The van der Waals surface area contributed by atoms with Gasteiger partial charge in [0.05, 0.1) is 4.90 Å². The number of carbonyl (C=O) groups excluding carboxylic acids is 2. The highest BCUT2D eigenvalue weighted by atomic mass is 32.2. The fraction of sp³-hybridized carbons (Fsp3) is 0.161. The lowest BCUT2D eigenvalue weighted by Crippen LogP contribution is -2.53. The first kappa shape index (κ1) is 27.7. The third-order valence-corrected chi connectivity index (χ3v) is 8.65. The highest BCUT2D eigenvalue weighted by molar-refractivity contribution is 7.89. The van der Waals surface area contributed by atoms with Gasteiger partial charge in [0, 0.05) is 37.8 Å².